The lowest BCUT2D eigenvalue weighted by atomic mass is 10.0. The quantitative estimate of drug-likeness (QED) is 0.686. The van der Waals surface area contributed by atoms with Crippen molar-refractivity contribution in [3.8, 4) is 0 Å². The Balaban J connectivity index is 1.97. The van der Waals surface area contributed by atoms with Crippen molar-refractivity contribution in [1.82, 2.24) is 19.7 Å². The smallest absolute Gasteiger partial charge is 0.236 e. The predicted molar refractivity (Wildman–Crippen MR) is 110 cm³/mol. The number of likely N-dealkylation sites (N-methyl/N-ethyl adjacent to an activating group) is 1. The molecule has 28 heavy (non-hydrogen) atoms. The maximum Gasteiger partial charge on any atom is 0.236 e. The van der Waals surface area contributed by atoms with Gasteiger partial charge in [-0.1, -0.05) is 0 Å². The van der Waals surface area contributed by atoms with Gasteiger partial charge in [0, 0.05) is 50.5 Å². The van der Waals surface area contributed by atoms with Gasteiger partial charge in [0.15, 0.2) is 11.6 Å². The van der Waals surface area contributed by atoms with Gasteiger partial charge in [-0.3, -0.25) is 24.2 Å². The minimum absolute atomic E-state index is 0.0146. The van der Waals surface area contributed by atoms with Gasteiger partial charge in [-0.2, -0.15) is 0 Å². The lowest BCUT2D eigenvalue weighted by Crippen LogP contribution is -2.53. The highest BCUT2D eigenvalue weighted by atomic mass is 16.2. The molecule has 1 unspecified atom stereocenters. The van der Waals surface area contributed by atoms with E-state index in [0.717, 1.165) is 50.5 Å². The van der Waals surface area contributed by atoms with Gasteiger partial charge in [0.05, 0.1) is 18.3 Å². The molecular weight excluding hydrogens is 356 g/mol. The second-order valence-corrected chi connectivity index (χ2v) is 7.60. The summed E-state index contributed by atoms with van der Waals surface area (Å²) in [6.45, 7) is 16.0. The summed E-state index contributed by atoms with van der Waals surface area (Å²) < 4.78 is 0. The highest BCUT2D eigenvalue weighted by Gasteiger charge is 2.30. The van der Waals surface area contributed by atoms with E-state index in [9.17, 15) is 14.4 Å². The lowest BCUT2D eigenvalue weighted by Gasteiger charge is -2.37. The van der Waals surface area contributed by atoms with Crippen molar-refractivity contribution in [3.63, 3.8) is 0 Å². The Bertz CT molecular complexity index is 728. The Morgan fingerprint density at radius 1 is 1.07 bits per heavy atom. The molecule has 7 nitrogen and oxygen atoms in total. The summed E-state index contributed by atoms with van der Waals surface area (Å²) >= 11 is 0. The molecule has 1 aromatic rings. The maximum absolute atomic E-state index is 13.0. The molecule has 1 aliphatic rings. The summed E-state index contributed by atoms with van der Waals surface area (Å²) in [5.41, 5.74) is 2.65. The van der Waals surface area contributed by atoms with Crippen molar-refractivity contribution in [3.05, 3.63) is 22.5 Å². The average Bonchev–Trinajstić information content (AvgIpc) is 2.96. The fourth-order valence-corrected chi connectivity index (χ4v) is 4.08. The Morgan fingerprint density at radius 3 is 2.11 bits per heavy atom. The molecule has 7 heteroatoms. The molecule has 2 rings (SSSR count). The monoisotopic (exact) mass is 390 g/mol. The third-order valence-electron chi connectivity index (χ3n) is 5.85. The molecule has 1 aliphatic heterocycles. The molecule has 1 amide bonds. The van der Waals surface area contributed by atoms with Crippen LogP contribution < -0.4 is 0 Å². The van der Waals surface area contributed by atoms with Crippen molar-refractivity contribution in [2.75, 3.05) is 45.8 Å². The van der Waals surface area contributed by atoms with Crippen molar-refractivity contribution < 1.29 is 14.4 Å². The Hall–Kier alpha value is -1.99. The van der Waals surface area contributed by atoms with Crippen molar-refractivity contribution in [1.29, 1.82) is 0 Å². The van der Waals surface area contributed by atoms with Gasteiger partial charge in [-0.15, -0.1) is 0 Å². The average molecular weight is 391 g/mol. The molecule has 0 radical (unpaired) electrons. The maximum atomic E-state index is 13.0. The van der Waals surface area contributed by atoms with Crippen LogP contribution >= 0.6 is 0 Å². The number of hydrogen-bond donors (Lipinski definition) is 1. The number of aromatic nitrogens is 1. The summed E-state index contributed by atoms with van der Waals surface area (Å²) in [6, 6.07) is -0.266. The van der Waals surface area contributed by atoms with E-state index in [1.807, 2.05) is 39.5 Å². The van der Waals surface area contributed by atoms with E-state index in [1.165, 1.54) is 6.92 Å². The SMILES string of the molecule is CCN(CC)C(=O)CN1CCN(C(C)C(=O)c2[nH]c(C)c(C(C)=O)c2C)CC1. The van der Waals surface area contributed by atoms with E-state index >= 15 is 0 Å². The molecule has 1 saturated heterocycles. The molecule has 0 spiro atoms. The number of carbonyl (C=O) groups excluding carboxylic acids is 3. The molecule has 2 heterocycles. The third-order valence-corrected chi connectivity index (χ3v) is 5.85. The number of H-pyrrole nitrogens is 1. The molecule has 1 N–H and O–H groups in total. The number of aromatic amines is 1. The van der Waals surface area contributed by atoms with Gasteiger partial charge in [0.1, 0.15) is 0 Å². The fourth-order valence-electron chi connectivity index (χ4n) is 4.08. The summed E-state index contributed by atoms with van der Waals surface area (Å²) in [7, 11) is 0. The predicted octanol–water partition coefficient (Wildman–Crippen LogP) is 1.89. The number of nitrogens with one attached hydrogen (secondary N) is 1. The first-order valence-corrected chi connectivity index (χ1v) is 10.2. The van der Waals surface area contributed by atoms with Gasteiger partial charge < -0.3 is 9.88 Å². The number of hydrogen-bond acceptors (Lipinski definition) is 5. The van der Waals surface area contributed by atoms with Crippen molar-refractivity contribution >= 4 is 17.5 Å². The summed E-state index contributed by atoms with van der Waals surface area (Å²) in [4.78, 5) is 46.4. The van der Waals surface area contributed by atoms with Crippen molar-refractivity contribution in [2.45, 2.75) is 47.6 Å². The van der Waals surface area contributed by atoms with Gasteiger partial charge >= 0.3 is 0 Å². The summed E-state index contributed by atoms with van der Waals surface area (Å²) in [6.07, 6.45) is 0. The molecule has 0 aliphatic carbocycles. The first kappa shape index (κ1) is 22.3. The van der Waals surface area contributed by atoms with Crippen LogP contribution in [0.3, 0.4) is 0 Å². The molecule has 1 atom stereocenters. The zero-order valence-corrected chi connectivity index (χ0v) is 18.1. The van der Waals surface area contributed by atoms with Crippen LogP contribution in [0.5, 0.6) is 0 Å². The second kappa shape index (κ2) is 9.47. The summed E-state index contributed by atoms with van der Waals surface area (Å²) in [5.74, 6) is 0.155. The van der Waals surface area contributed by atoms with Crippen molar-refractivity contribution in [2.24, 2.45) is 0 Å². The first-order valence-electron chi connectivity index (χ1n) is 10.2. The van der Waals surface area contributed by atoms with Gasteiger partial charge in [0.2, 0.25) is 5.91 Å². The number of ketones is 2. The van der Waals surface area contributed by atoms with Crippen LogP contribution in [0, 0.1) is 13.8 Å². The normalized spacial score (nSPS) is 16.8. The number of Topliss-reactive ketones (excluding diaryl/α,β-unsaturated/α-hetero) is 2. The van der Waals surface area contributed by atoms with Gasteiger partial charge in [0.25, 0.3) is 0 Å². The highest BCUT2D eigenvalue weighted by Crippen LogP contribution is 2.21. The van der Waals surface area contributed by atoms with E-state index < -0.39 is 0 Å². The van der Waals surface area contributed by atoms with Crippen LogP contribution in [0.1, 0.15) is 59.8 Å². The number of aryl methyl sites for hydroxylation is 1. The zero-order chi connectivity index (χ0) is 21.0. The molecule has 0 aromatic carbocycles. The highest BCUT2D eigenvalue weighted by molar-refractivity contribution is 6.05. The Morgan fingerprint density at radius 2 is 1.64 bits per heavy atom. The second-order valence-electron chi connectivity index (χ2n) is 7.60. The molecular formula is C21H34N4O3. The van der Waals surface area contributed by atoms with Crippen LogP contribution in [-0.4, -0.2) is 89.0 Å². The van der Waals surface area contributed by atoms with Gasteiger partial charge in [-0.25, -0.2) is 0 Å². The lowest BCUT2D eigenvalue weighted by molar-refractivity contribution is -0.132. The Kier molecular flexibility index (Phi) is 7.55. The summed E-state index contributed by atoms with van der Waals surface area (Å²) in [5, 5.41) is 0. The molecule has 1 fully saturated rings. The van der Waals surface area contributed by atoms with Crippen LogP contribution in [0.2, 0.25) is 0 Å². The van der Waals surface area contributed by atoms with Crippen LogP contribution in [0.15, 0.2) is 0 Å². The fraction of sp³-hybridized carbons (Fsp3) is 0.667. The number of nitrogens with zero attached hydrogens (tertiary/aromatic N) is 3. The van der Waals surface area contributed by atoms with E-state index in [1.54, 1.807) is 0 Å². The number of rotatable bonds is 8. The first-order chi connectivity index (χ1) is 13.2. The zero-order valence-electron chi connectivity index (χ0n) is 18.1. The van der Waals surface area contributed by atoms with Gasteiger partial charge in [-0.05, 0) is 47.1 Å². The largest absolute Gasteiger partial charge is 0.355 e. The van der Waals surface area contributed by atoms with Crippen LogP contribution in [0.4, 0.5) is 0 Å². The molecule has 156 valence electrons. The molecule has 0 saturated carbocycles. The molecule has 1 aromatic heterocycles. The van der Waals surface area contributed by atoms with Crippen LogP contribution in [0.25, 0.3) is 0 Å². The van der Waals surface area contributed by atoms with Crippen LogP contribution in [-0.2, 0) is 4.79 Å². The minimum atomic E-state index is -0.266. The van der Waals surface area contributed by atoms with E-state index in [0.29, 0.717) is 17.8 Å². The number of piperazine rings is 1. The van der Waals surface area contributed by atoms with E-state index in [4.69, 9.17) is 0 Å². The minimum Gasteiger partial charge on any atom is -0.355 e. The van der Waals surface area contributed by atoms with E-state index in [2.05, 4.69) is 14.8 Å². The molecule has 0 bridgehead atoms. The topological polar surface area (TPSA) is 76.7 Å². The third kappa shape index (κ3) is 4.70. The standard InChI is InChI=1S/C21H34N4O3/c1-7-24(8-2)18(27)13-23-9-11-25(12-10-23)16(5)21(28)20-14(3)19(17(6)26)15(4)22-20/h16,22H,7-13H2,1-6H3. The number of carbonyl (C=O) groups is 3. The van der Waals surface area contributed by atoms with E-state index in [-0.39, 0.29) is 23.5 Å². The number of amides is 1. The Labute approximate surface area is 168 Å².